The second-order valence-corrected chi connectivity index (χ2v) is 5.12. The highest BCUT2D eigenvalue weighted by molar-refractivity contribution is 9.09. The van der Waals surface area contributed by atoms with Gasteiger partial charge in [-0.1, -0.05) is 22.0 Å². The number of likely N-dealkylation sites (tertiary alicyclic amines) is 1. The van der Waals surface area contributed by atoms with Gasteiger partial charge in [-0.2, -0.15) is 0 Å². The molecule has 0 saturated carbocycles. The van der Waals surface area contributed by atoms with E-state index in [-0.39, 0.29) is 10.7 Å². The molecule has 1 fully saturated rings. The van der Waals surface area contributed by atoms with Crippen molar-refractivity contribution in [1.29, 1.82) is 0 Å². The van der Waals surface area contributed by atoms with E-state index in [9.17, 15) is 13.6 Å². The lowest BCUT2D eigenvalue weighted by Crippen LogP contribution is -2.24. The lowest BCUT2D eigenvalue weighted by Gasteiger charge is -2.15. The van der Waals surface area contributed by atoms with Crippen molar-refractivity contribution in [1.82, 2.24) is 4.90 Å². The third kappa shape index (κ3) is 2.40. The van der Waals surface area contributed by atoms with Crippen LogP contribution < -0.4 is 0 Å². The molecule has 0 N–H and O–H groups in total. The van der Waals surface area contributed by atoms with Gasteiger partial charge in [-0.25, -0.2) is 8.78 Å². The minimum absolute atomic E-state index is 0.0339. The van der Waals surface area contributed by atoms with Crippen molar-refractivity contribution in [2.75, 3.05) is 6.54 Å². The second-order valence-electron chi connectivity index (χ2n) is 3.82. The number of carbonyl (C=O) groups excluding carboxylic acids is 1. The Morgan fingerprint density at radius 2 is 2.12 bits per heavy atom. The Morgan fingerprint density at radius 1 is 1.38 bits per heavy atom. The van der Waals surface area contributed by atoms with E-state index < -0.39 is 11.6 Å². The van der Waals surface area contributed by atoms with Crippen LogP contribution in [-0.4, -0.2) is 22.2 Å². The molecule has 2 rings (SSSR count). The third-order valence-electron chi connectivity index (χ3n) is 2.52. The maximum atomic E-state index is 12.9. The van der Waals surface area contributed by atoms with E-state index in [2.05, 4.69) is 15.9 Å². The first-order chi connectivity index (χ1) is 7.56. The van der Waals surface area contributed by atoms with Gasteiger partial charge >= 0.3 is 0 Å². The van der Waals surface area contributed by atoms with Gasteiger partial charge in [-0.3, -0.25) is 4.79 Å². The van der Waals surface area contributed by atoms with Crippen molar-refractivity contribution in [2.45, 2.75) is 17.8 Å². The minimum Gasteiger partial charge on any atom is -0.337 e. The molecule has 0 spiro atoms. The summed E-state index contributed by atoms with van der Waals surface area (Å²) < 4.78 is 25.6. The largest absolute Gasteiger partial charge is 0.337 e. The molecule has 0 aromatic heterocycles. The molecule has 1 saturated heterocycles. The molecule has 0 radical (unpaired) electrons. The van der Waals surface area contributed by atoms with Crippen molar-refractivity contribution >= 4 is 21.8 Å². The molecule has 1 unspecified atom stereocenters. The summed E-state index contributed by atoms with van der Waals surface area (Å²) in [7, 11) is 0. The molecule has 5 heteroatoms. The zero-order valence-electron chi connectivity index (χ0n) is 8.42. The number of halogens is 3. The molecule has 1 amide bonds. The first-order valence-corrected chi connectivity index (χ1v) is 5.83. The average Bonchev–Trinajstić information content (AvgIpc) is 2.51. The molecule has 86 valence electrons. The molecule has 1 aliphatic rings. The molecule has 1 heterocycles. The number of hydrogen-bond acceptors (Lipinski definition) is 1. The quantitative estimate of drug-likeness (QED) is 0.766. The molecular formula is C11H10BrF2NO. The Balaban J connectivity index is 2.09. The molecule has 1 aromatic rings. The van der Waals surface area contributed by atoms with Crippen LogP contribution >= 0.6 is 15.9 Å². The number of hydrogen-bond donors (Lipinski definition) is 0. The van der Waals surface area contributed by atoms with Crippen LogP contribution in [0.25, 0.3) is 0 Å². The van der Waals surface area contributed by atoms with Crippen LogP contribution in [0.15, 0.2) is 18.2 Å². The van der Waals surface area contributed by atoms with Crippen molar-refractivity contribution in [3.05, 3.63) is 35.4 Å². The third-order valence-corrected chi connectivity index (χ3v) is 3.14. The Kier molecular flexibility index (Phi) is 3.23. The van der Waals surface area contributed by atoms with Gasteiger partial charge in [0.05, 0.1) is 0 Å². The molecule has 1 aliphatic heterocycles. The molecule has 16 heavy (non-hydrogen) atoms. The fourth-order valence-corrected chi connectivity index (χ4v) is 2.36. The van der Waals surface area contributed by atoms with Crippen LogP contribution in [0, 0.1) is 11.6 Å². The van der Waals surface area contributed by atoms with Crippen molar-refractivity contribution < 1.29 is 13.6 Å². The Bertz CT molecular complexity index is 424. The standard InChI is InChI=1S/C11H10BrF2NO/c12-8-4-11(16)15(6-8)5-7-1-2-9(13)10(14)3-7/h1-3,8H,4-6H2. The van der Waals surface area contributed by atoms with Gasteiger partial charge in [0.25, 0.3) is 0 Å². The monoisotopic (exact) mass is 289 g/mol. The van der Waals surface area contributed by atoms with E-state index in [0.29, 0.717) is 25.1 Å². The predicted octanol–water partition coefficient (Wildman–Crippen LogP) is 2.46. The lowest BCUT2D eigenvalue weighted by atomic mass is 10.2. The maximum Gasteiger partial charge on any atom is 0.224 e. The normalized spacial score (nSPS) is 20.6. The van der Waals surface area contributed by atoms with Crippen LogP contribution in [0.2, 0.25) is 0 Å². The predicted molar refractivity (Wildman–Crippen MR) is 59.1 cm³/mol. The lowest BCUT2D eigenvalue weighted by molar-refractivity contribution is -0.128. The van der Waals surface area contributed by atoms with Crippen LogP contribution in [0.3, 0.4) is 0 Å². The van der Waals surface area contributed by atoms with E-state index in [1.165, 1.54) is 6.07 Å². The second kappa shape index (κ2) is 4.49. The van der Waals surface area contributed by atoms with Gasteiger partial charge in [0.1, 0.15) is 0 Å². The number of carbonyl (C=O) groups is 1. The molecule has 2 nitrogen and oxygen atoms in total. The van der Waals surface area contributed by atoms with E-state index in [4.69, 9.17) is 0 Å². The Morgan fingerprint density at radius 3 is 2.69 bits per heavy atom. The van der Waals surface area contributed by atoms with Gasteiger partial charge in [-0.05, 0) is 17.7 Å². The number of alkyl halides is 1. The van der Waals surface area contributed by atoms with Gasteiger partial charge < -0.3 is 4.90 Å². The van der Waals surface area contributed by atoms with Crippen LogP contribution in [0.4, 0.5) is 8.78 Å². The summed E-state index contributed by atoms with van der Waals surface area (Å²) in [5, 5.41) is 0. The van der Waals surface area contributed by atoms with Gasteiger partial charge in [0.15, 0.2) is 11.6 Å². The highest BCUT2D eigenvalue weighted by Crippen LogP contribution is 2.20. The molecule has 0 bridgehead atoms. The van der Waals surface area contributed by atoms with Gasteiger partial charge in [0, 0.05) is 24.3 Å². The number of rotatable bonds is 2. The number of nitrogens with zero attached hydrogens (tertiary/aromatic N) is 1. The molecule has 0 aliphatic carbocycles. The average molecular weight is 290 g/mol. The van der Waals surface area contributed by atoms with Crippen molar-refractivity contribution in [2.24, 2.45) is 0 Å². The summed E-state index contributed by atoms with van der Waals surface area (Å²) in [6, 6.07) is 3.70. The van der Waals surface area contributed by atoms with E-state index in [0.717, 1.165) is 12.1 Å². The molecular weight excluding hydrogens is 280 g/mol. The number of benzene rings is 1. The number of amides is 1. The SMILES string of the molecule is O=C1CC(Br)CN1Cc1ccc(F)c(F)c1. The van der Waals surface area contributed by atoms with Crippen molar-refractivity contribution in [3.8, 4) is 0 Å². The smallest absolute Gasteiger partial charge is 0.224 e. The minimum atomic E-state index is -0.875. The summed E-state index contributed by atoms with van der Waals surface area (Å²) in [4.78, 5) is 13.3. The highest BCUT2D eigenvalue weighted by Gasteiger charge is 2.27. The first kappa shape index (κ1) is 11.5. The van der Waals surface area contributed by atoms with Crippen LogP contribution in [0.5, 0.6) is 0 Å². The summed E-state index contributed by atoms with van der Waals surface area (Å²) >= 11 is 3.36. The van der Waals surface area contributed by atoms with Crippen LogP contribution in [0.1, 0.15) is 12.0 Å². The zero-order chi connectivity index (χ0) is 11.7. The van der Waals surface area contributed by atoms with Gasteiger partial charge in [-0.15, -0.1) is 0 Å². The van der Waals surface area contributed by atoms with Gasteiger partial charge in [0.2, 0.25) is 5.91 Å². The molecule has 1 aromatic carbocycles. The van der Waals surface area contributed by atoms with Crippen molar-refractivity contribution in [3.63, 3.8) is 0 Å². The first-order valence-electron chi connectivity index (χ1n) is 4.92. The summed E-state index contributed by atoms with van der Waals surface area (Å²) in [5.74, 6) is -1.71. The summed E-state index contributed by atoms with van der Waals surface area (Å²) in [6.45, 7) is 0.940. The summed E-state index contributed by atoms with van der Waals surface area (Å²) in [5.41, 5.74) is 0.605. The highest BCUT2D eigenvalue weighted by atomic mass is 79.9. The Hall–Kier alpha value is -0.970. The summed E-state index contributed by atoms with van der Waals surface area (Å²) in [6.07, 6.45) is 0.462. The topological polar surface area (TPSA) is 20.3 Å². The zero-order valence-corrected chi connectivity index (χ0v) is 10.0. The fraction of sp³-hybridized carbons (Fsp3) is 0.364. The van der Waals surface area contributed by atoms with E-state index >= 15 is 0 Å². The van der Waals surface area contributed by atoms with E-state index in [1.807, 2.05) is 0 Å². The maximum absolute atomic E-state index is 12.9. The van der Waals surface area contributed by atoms with E-state index in [1.54, 1.807) is 4.90 Å². The van der Waals surface area contributed by atoms with Crippen LogP contribution in [-0.2, 0) is 11.3 Å². The molecule has 1 atom stereocenters. The fourth-order valence-electron chi connectivity index (χ4n) is 1.74. The Labute approximate surface area is 100 Å².